The number of hydrogen-bond acceptors (Lipinski definition) is 1. The number of rotatable bonds is 0. The zero-order valence-electron chi connectivity index (χ0n) is 10.7. The Morgan fingerprint density at radius 1 is 0.923 bits per heavy atom. The van der Waals surface area contributed by atoms with E-state index in [1.807, 2.05) is 20.8 Å². The third-order valence-corrected chi connectivity index (χ3v) is 3.34. The Morgan fingerprint density at radius 2 is 1.38 bits per heavy atom. The Bertz CT molecular complexity index is 238. The normalized spacial score (nSPS) is 9.62. The molecule has 0 saturated carbocycles. The Hall–Kier alpha value is 0.00312. The smallest absolute Gasteiger partial charge is 1.00 e. The van der Waals surface area contributed by atoms with Crippen LogP contribution in [0.25, 0.3) is 0 Å². The molecule has 0 atom stereocenters. The van der Waals surface area contributed by atoms with Gasteiger partial charge >= 0.3 is 23.1 Å². The summed E-state index contributed by atoms with van der Waals surface area (Å²) in [7, 11) is 3.51. The fraction of sp³-hybridized carbons (Fsp3) is 0.400. The third kappa shape index (κ3) is 2.08. The first-order valence-corrected chi connectivity index (χ1v) is 4.47. The van der Waals surface area contributed by atoms with Crippen LogP contribution in [0.1, 0.15) is 25.1 Å². The number of phenolic OH excluding ortho intramolecular Hbond substituents is 1. The van der Waals surface area contributed by atoms with Crippen molar-refractivity contribution >= 4 is 38.5 Å². The molecule has 0 aliphatic carbocycles. The fourth-order valence-corrected chi connectivity index (χ4v) is 1.63. The van der Waals surface area contributed by atoms with E-state index in [1.165, 1.54) is 5.56 Å². The summed E-state index contributed by atoms with van der Waals surface area (Å²) in [5, 5.41) is 10.7. The quantitative estimate of drug-likeness (QED) is 0.630. The molecule has 3 radical (unpaired) electrons. The van der Waals surface area contributed by atoms with Crippen LogP contribution in [-0.4, -0.2) is 38.4 Å². The van der Waals surface area contributed by atoms with Gasteiger partial charge in [0, 0.05) is 0 Å². The van der Waals surface area contributed by atoms with E-state index in [0.29, 0.717) is 5.75 Å². The maximum absolute atomic E-state index is 9.66. The Balaban J connectivity index is -0.000000480. The molecule has 0 bridgehead atoms. The Kier molecular flexibility index (Phi) is 4.48. The van der Waals surface area contributed by atoms with E-state index in [9.17, 15) is 5.11 Å². The maximum atomic E-state index is 9.66. The van der Waals surface area contributed by atoms with Crippen LogP contribution in [0.5, 0.6) is 5.75 Å². The molecular weight excluding hydrogens is 188 g/mol. The molecular formula is C10H15MgOSi. The fourth-order valence-electron chi connectivity index (χ4n) is 1.33. The van der Waals surface area contributed by atoms with E-state index in [1.54, 1.807) is 0 Å². The Labute approximate surface area is 102 Å². The topological polar surface area (TPSA) is 20.2 Å². The van der Waals surface area contributed by atoms with Crippen LogP contribution in [-0.2, 0) is 0 Å². The van der Waals surface area contributed by atoms with Gasteiger partial charge < -0.3 is 7.96 Å². The molecule has 1 aromatic rings. The van der Waals surface area contributed by atoms with Crippen molar-refractivity contribution in [1.82, 2.24) is 0 Å². The van der Waals surface area contributed by atoms with Crippen LogP contribution >= 0.6 is 0 Å². The van der Waals surface area contributed by atoms with E-state index in [2.05, 4.69) is 17.2 Å². The van der Waals surface area contributed by atoms with E-state index in [-0.39, 0.29) is 25.9 Å². The van der Waals surface area contributed by atoms with Gasteiger partial charge in [-0.3, -0.25) is 0 Å². The standard InChI is InChI=1S/C10H13OSi.Mg.2H/c1-5-6(2)9(11)8(4)10(12)7(5)3;;;/h11H,1-4H3;;;/q;+2;2*-1. The van der Waals surface area contributed by atoms with Crippen LogP contribution in [0, 0.1) is 27.7 Å². The van der Waals surface area contributed by atoms with E-state index in [0.717, 1.165) is 21.9 Å². The molecule has 1 N–H and O–H groups in total. The first-order valence-electron chi connectivity index (χ1n) is 3.97. The van der Waals surface area contributed by atoms with Gasteiger partial charge in [-0.25, -0.2) is 0 Å². The molecule has 0 heterocycles. The Morgan fingerprint density at radius 3 is 1.85 bits per heavy atom. The molecule has 0 aromatic heterocycles. The molecule has 0 unspecified atom stereocenters. The molecule has 13 heavy (non-hydrogen) atoms. The van der Waals surface area contributed by atoms with E-state index < -0.39 is 0 Å². The average Bonchev–Trinajstić information content (AvgIpc) is 2.08. The van der Waals surface area contributed by atoms with Gasteiger partial charge in [-0.05, 0) is 49.9 Å². The van der Waals surface area contributed by atoms with Crippen LogP contribution in [0.3, 0.4) is 0 Å². The van der Waals surface area contributed by atoms with Gasteiger partial charge in [-0.1, -0.05) is 5.19 Å². The summed E-state index contributed by atoms with van der Waals surface area (Å²) in [6.07, 6.45) is 0. The number of aromatic hydroxyl groups is 1. The SMILES string of the molecule is Cc1c(C)c(O)c(C)c([Si])c1C.[H-].[H-].[Mg+2]. The number of hydrogen-bond donors (Lipinski definition) is 1. The van der Waals surface area contributed by atoms with Crippen LogP contribution < -0.4 is 5.19 Å². The van der Waals surface area contributed by atoms with Crippen molar-refractivity contribution in [2.24, 2.45) is 0 Å². The molecule has 1 aromatic carbocycles. The predicted octanol–water partition coefficient (Wildman–Crippen LogP) is 1.26. The van der Waals surface area contributed by atoms with Crippen molar-refractivity contribution in [2.75, 3.05) is 0 Å². The molecule has 0 aliphatic rings. The third-order valence-electron chi connectivity index (χ3n) is 2.59. The predicted molar refractivity (Wildman–Crippen MR) is 60.4 cm³/mol. The summed E-state index contributed by atoms with van der Waals surface area (Å²) in [5.74, 6) is 0.406. The minimum absolute atomic E-state index is 0. The summed E-state index contributed by atoms with van der Waals surface area (Å²) in [6, 6.07) is 0. The summed E-state index contributed by atoms with van der Waals surface area (Å²) in [6.45, 7) is 7.93. The van der Waals surface area contributed by atoms with Crippen molar-refractivity contribution in [3.63, 3.8) is 0 Å². The van der Waals surface area contributed by atoms with Crippen molar-refractivity contribution in [1.29, 1.82) is 0 Å². The first kappa shape index (κ1) is 13.0. The largest absolute Gasteiger partial charge is 2.00 e. The van der Waals surface area contributed by atoms with Crippen molar-refractivity contribution in [3.8, 4) is 5.75 Å². The average molecular weight is 204 g/mol. The van der Waals surface area contributed by atoms with Gasteiger partial charge in [0.25, 0.3) is 0 Å². The number of benzene rings is 1. The second-order valence-corrected chi connectivity index (χ2v) is 3.72. The van der Waals surface area contributed by atoms with Crippen molar-refractivity contribution in [3.05, 3.63) is 22.3 Å². The van der Waals surface area contributed by atoms with Gasteiger partial charge in [0.2, 0.25) is 0 Å². The minimum Gasteiger partial charge on any atom is -1.00 e. The van der Waals surface area contributed by atoms with Crippen molar-refractivity contribution < 1.29 is 7.96 Å². The molecule has 1 nitrogen and oxygen atoms in total. The summed E-state index contributed by atoms with van der Waals surface area (Å²) in [4.78, 5) is 0. The van der Waals surface area contributed by atoms with Gasteiger partial charge in [0.05, 0.1) is 10.2 Å². The van der Waals surface area contributed by atoms with Gasteiger partial charge in [0.1, 0.15) is 5.75 Å². The summed E-state index contributed by atoms with van der Waals surface area (Å²) < 4.78 is 0. The van der Waals surface area contributed by atoms with Gasteiger partial charge in [-0.15, -0.1) is 0 Å². The van der Waals surface area contributed by atoms with Gasteiger partial charge in [0.15, 0.2) is 0 Å². The molecule has 67 valence electrons. The first-order chi connectivity index (χ1) is 5.46. The summed E-state index contributed by atoms with van der Waals surface area (Å²) in [5.41, 5.74) is 4.27. The monoisotopic (exact) mass is 203 g/mol. The van der Waals surface area contributed by atoms with E-state index in [4.69, 9.17) is 0 Å². The second kappa shape index (κ2) is 4.48. The van der Waals surface area contributed by atoms with E-state index >= 15 is 0 Å². The van der Waals surface area contributed by atoms with Crippen molar-refractivity contribution in [2.45, 2.75) is 27.7 Å². The molecule has 0 saturated heterocycles. The molecule has 3 heteroatoms. The molecule has 0 aliphatic heterocycles. The zero-order valence-corrected chi connectivity index (χ0v) is 11.1. The zero-order chi connectivity index (χ0) is 9.46. The van der Waals surface area contributed by atoms with Crippen LogP contribution in [0.15, 0.2) is 0 Å². The molecule has 0 spiro atoms. The van der Waals surface area contributed by atoms with Crippen LogP contribution in [0.4, 0.5) is 0 Å². The maximum Gasteiger partial charge on any atom is 2.00 e. The number of phenols is 1. The second-order valence-electron chi connectivity index (χ2n) is 3.22. The minimum atomic E-state index is 0. The molecule has 0 fully saturated rings. The van der Waals surface area contributed by atoms with Gasteiger partial charge in [-0.2, -0.15) is 0 Å². The summed E-state index contributed by atoms with van der Waals surface area (Å²) >= 11 is 0. The van der Waals surface area contributed by atoms with Crippen LogP contribution in [0.2, 0.25) is 0 Å². The molecule has 1 rings (SSSR count). The molecule has 0 amide bonds.